The molecule has 1 amide bonds. The fourth-order valence-corrected chi connectivity index (χ4v) is 3.34. The number of hydrogen-bond donors (Lipinski definition) is 1. The monoisotopic (exact) mass is 307 g/mol. The van der Waals surface area contributed by atoms with Crippen LogP contribution in [0.15, 0.2) is 35.8 Å². The van der Waals surface area contributed by atoms with Crippen molar-refractivity contribution in [1.29, 1.82) is 0 Å². The predicted octanol–water partition coefficient (Wildman–Crippen LogP) is 2.47. The van der Waals surface area contributed by atoms with E-state index in [-0.39, 0.29) is 11.9 Å². The van der Waals surface area contributed by atoms with E-state index in [1.54, 1.807) is 23.6 Å². The molecule has 0 aromatic carbocycles. The highest BCUT2D eigenvalue weighted by Gasteiger charge is 2.31. The Morgan fingerprint density at radius 3 is 3.05 bits per heavy atom. The van der Waals surface area contributed by atoms with Crippen molar-refractivity contribution in [2.45, 2.75) is 12.6 Å². The van der Waals surface area contributed by atoms with Gasteiger partial charge >= 0.3 is 0 Å². The molecule has 6 heteroatoms. The summed E-state index contributed by atoms with van der Waals surface area (Å²) < 4.78 is 0. The van der Waals surface area contributed by atoms with E-state index in [0.29, 0.717) is 18.2 Å². The quantitative estimate of drug-likeness (QED) is 0.886. The maximum absolute atomic E-state index is 12.2. The summed E-state index contributed by atoms with van der Waals surface area (Å²) in [5.41, 5.74) is 1.06. The van der Waals surface area contributed by atoms with Crippen LogP contribution in [-0.4, -0.2) is 28.9 Å². The van der Waals surface area contributed by atoms with Gasteiger partial charge in [0, 0.05) is 30.7 Å². The van der Waals surface area contributed by atoms with Gasteiger partial charge in [-0.3, -0.25) is 9.69 Å². The Balaban J connectivity index is 1.82. The normalized spacial score (nSPS) is 19.9. The Hall–Kier alpha value is -1.43. The van der Waals surface area contributed by atoms with Gasteiger partial charge in [0.2, 0.25) is 5.91 Å². The van der Waals surface area contributed by atoms with Crippen molar-refractivity contribution >= 4 is 28.8 Å². The average molecular weight is 308 g/mol. The molecule has 1 atom stereocenters. The van der Waals surface area contributed by atoms with Gasteiger partial charge in [-0.2, -0.15) is 0 Å². The number of carbonyl (C=O) groups excluding carboxylic acids is 1. The minimum Gasteiger partial charge on any atom is -0.353 e. The molecule has 1 aliphatic rings. The number of thiophene rings is 1. The van der Waals surface area contributed by atoms with Gasteiger partial charge in [-0.15, -0.1) is 11.3 Å². The van der Waals surface area contributed by atoms with Crippen LogP contribution in [0.3, 0.4) is 0 Å². The second kappa shape index (κ2) is 5.91. The largest absolute Gasteiger partial charge is 0.353 e. The number of carbonyl (C=O) groups is 1. The third-order valence-electron chi connectivity index (χ3n) is 3.30. The van der Waals surface area contributed by atoms with Crippen LogP contribution in [0.5, 0.6) is 0 Å². The maximum atomic E-state index is 12.2. The number of nitrogens with one attached hydrogen (secondary N) is 1. The highest BCUT2D eigenvalue weighted by molar-refractivity contribution is 7.10. The molecule has 0 spiro atoms. The van der Waals surface area contributed by atoms with Crippen molar-refractivity contribution in [3.05, 3.63) is 51.4 Å². The standard InChI is InChI=1S/C14H14ClN3OS/c15-12-4-3-10(8-17-12)9-18-6-5-16-14(19)13(18)11-2-1-7-20-11/h1-4,7-8,13H,5-6,9H2,(H,16,19). The van der Waals surface area contributed by atoms with Crippen LogP contribution >= 0.6 is 22.9 Å². The number of rotatable bonds is 3. The van der Waals surface area contributed by atoms with Crippen LogP contribution < -0.4 is 5.32 Å². The van der Waals surface area contributed by atoms with Gasteiger partial charge in [-0.05, 0) is 23.1 Å². The third-order valence-corrected chi connectivity index (χ3v) is 4.45. The topological polar surface area (TPSA) is 45.2 Å². The lowest BCUT2D eigenvalue weighted by atomic mass is 10.1. The first kappa shape index (κ1) is 13.5. The smallest absolute Gasteiger partial charge is 0.242 e. The second-order valence-corrected chi connectivity index (χ2v) is 6.04. The lowest BCUT2D eigenvalue weighted by Crippen LogP contribution is -2.49. The number of hydrogen-bond acceptors (Lipinski definition) is 4. The Labute approximate surface area is 126 Å². The highest BCUT2D eigenvalue weighted by atomic mass is 35.5. The van der Waals surface area contributed by atoms with Gasteiger partial charge in [-0.25, -0.2) is 4.98 Å². The first-order valence-corrected chi connectivity index (χ1v) is 7.65. The Morgan fingerprint density at radius 2 is 2.35 bits per heavy atom. The molecule has 3 heterocycles. The Bertz CT molecular complexity index is 585. The lowest BCUT2D eigenvalue weighted by molar-refractivity contribution is -0.129. The molecule has 1 unspecified atom stereocenters. The van der Waals surface area contributed by atoms with Crippen LogP contribution in [0, 0.1) is 0 Å². The van der Waals surface area contributed by atoms with E-state index < -0.39 is 0 Å². The second-order valence-electron chi connectivity index (χ2n) is 4.67. The fraction of sp³-hybridized carbons (Fsp3) is 0.286. The maximum Gasteiger partial charge on any atom is 0.242 e. The third kappa shape index (κ3) is 2.85. The zero-order valence-electron chi connectivity index (χ0n) is 10.8. The zero-order valence-corrected chi connectivity index (χ0v) is 12.3. The van der Waals surface area contributed by atoms with Crippen molar-refractivity contribution in [3.8, 4) is 0 Å². The molecule has 4 nitrogen and oxygen atoms in total. The number of amides is 1. The summed E-state index contributed by atoms with van der Waals surface area (Å²) >= 11 is 7.41. The van der Waals surface area contributed by atoms with E-state index >= 15 is 0 Å². The molecule has 1 N–H and O–H groups in total. The summed E-state index contributed by atoms with van der Waals surface area (Å²) in [4.78, 5) is 19.5. The average Bonchev–Trinajstić information content (AvgIpc) is 2.95. The van der Waals surface area contributed by atoms with Gasteiger partial charge in [0.1, 0.15) is 11.2 Å². The number of piperazine rings is 1. The summed E-state index contributed by atoms with van der Waals surface area (Å²) in [7, 11) is 0. The summed E-state index contributed by atoms with van der Waals surface area (Å²) in [6.07, 6.45) is 1.76. The predicted molar refractivity (Wildman–Crippen MR) is 79.7 cm³/mol. The van der Waals surface area contributed by atoms with Crippen LogP contribution in [0.25, 0.3) is 0 Å². The van der Waals surface area contributed by atoms with Crippen LogP contribution in [0.1, 0.15) is 16.5 Å². The minimum absolute atomic E-state index is 0.0700. The molecule has 1 saturated heterocycles. The molecular weight excluding hydrogens is 294 g/mol. The molecular formula is C14H14ClN3OS. The molecule has 3 rings (SSSR count). The molecule has 104 valence electrons. The van der Waals surface area contributed by atoms with Crippen LogP contribution in [-0.2, 0) is 11.3 Å². The Kier molecular flexibility index (Phi) is 4.00. The molecule has 0 saturated carbocycles. The van der Waals surface area contributed by atoms with Gasteiger partial charge in [0.05, 0.1) is 0 Å². The van der Waals surface area contributed by atoms with E-state index in [4.69, 9.17) is 11.6 Å². The molecule has 0 bridgehead atoms. The summed E-state index contributed by atoms with van der Waals surface area (Å²) in [6.45, 7) is 2.21. The van der Waals surface area contributed by atoms with Gasteiger partial charge in [-0.1, -0.05) is 23.7 Å². The van der Waals surface area contributed by atoms with Crippen LogP contribution in [0.4, 0.5) is 0 Å². The van der Waals surface area contributed by atoms with Crippen molar-refractivity contribution in [3.63, 3.8) is 0 Å². The summed E-state index contributed by atoms with van der Waals surface area (Å²) in [5, 5.41) is 5.42. The molecule has 20 heavy (non-hydrogen) atoms. The molecule has 2 aromatic rings. The van der Waals surface area contributed by atoms with Crippen molar-refractivity contribution in [2.75, 3.05) is 13.1 Å². The number of aromatic nitrogens is 1. The summed E-state index contributed by atoms with van der Waals surface area (Å²) in [5.74, 6) is 0.0700. The molecule has 2 aromatic heterocycles. The fourth-order valence-electron chi connectivity index (χ4n) is 2.38. The van der Waals surface area contributed by atoms with Crippen molar-refractivity contribution in [2.24, 2.45) is 0 Å². The van der Waals surface area contributed by atoms with E-state index in [1.165, 1.54) is 0 Å². The Morgan fingerprint density at radius 1 is 1.45 bits per heavy atom. The van der Waals surface area contributed by atoms with Crippen LogP contribution in [0.2, 0.25) is 5.15 Å². The molecule has 1 fully saturated rings. The number of halogens is 1. The van der Waals surface area contributed by atoms with Crippen molar-refractivity contribution < 1.29 is 4.79 Å². The SMILES string of the molecule is O=C1NCCN(Cc2ccc(Cl)nc2)C1c1cccs1. The van der Waals surface area contributed by atoms with Gasteiger partial charge in [0.25, 0.3) is 0 Å². The summed E-state index contributed by atoms with van der Waals surface area (Å²) in [6, 6.07) is 7.51. The van der Waals surface area contributed by atoms with Crippen molar-refractivity contribution in [1.82, 2.24) is 15.2 Å². The van der Waals surface area contributed by atoms with E-state index in [9.17, 15) is 4.79 Å². The lowest BCUT2D eigenvalue weighted by Gasteiger charge is -2.34. The van der Waals surface area contributed by atoms with E-state index in [2.05, 4.69) is 15.2 Å². The highest BCUT2D eigenvalue weighted by Crippen LogP contribution is 2.28. The molecule has 0 aliphatic carbocycles. The first-order valence-electron chi connectivity index (χ1n) is 6.39. The number of nitrogens with zero attached hydrogens (tertiary/aromatic N) is 2. The molecule has 1 aliphatic heterocycles. The molecule has 0 radical (unpaired) electrons. The van der Waals surface area contributed by atoms with E-state index in [1.807, 2.05) is 23.6 Å². The van der Waals surface area contributed by atoms with Gasteiger partial charge < -0.3 is 5.32 Å². The van der Waals surface area contributed by atoms with E-state index in [0.717, 1.165) is 17.0 Å². The minimum atomic E-state index is -0.209. The van der Waals surface area contributed by atoms with Gasteiger partial charge in [0.15, 0.2) is 0 Å². The number of pyridine rings is 1. The first-order chi connectivity index (χ1) is 9.74. The zero-order chi connectivity index (χ0) is 13.9.